The fourth-order valence-corrected chi connectivity index (χ4v) is 12.7. The molecule has 76 heavy (non-hydrogen) atoms. The maximum atomic E-state index is 13.5. The number of carboxylic acid groups (broad SMARTS) is 1. The minimum absolute atomic E-state index is 0.0974. The molecule has 0 aliphatic carbocycles. The van der Waals surface area contributed by atoms with Crippen molar-refractivity contribution < 1.29 is 51.6 Å². The standard InChI is InChI=1S/C50H57BrN11O6P.C2HF3O2/c1-30-25-38(56-49-54-28-35(51)45(58-49)55-37-8-7-36-43(53-18-17-52-36)44(37)69(3,4)67)41(68-2)27-40(30)61-23-15-50(16-24-61)13-21-59(22-14-50)29-31-11-19-60(20-12-31)32-5-6-33-34(26-32)48(66)62(47(33)65)39-9-10-42(63)57-46(39)64;3-2(4,5)1(6)7/h5-8,17-18,25-28,31,39H,9-16,19-24,29H2,1-4H3,(H,57,63,64)(H2,54,55,56,58);(H,6,7). The van der Waals surface area contributed by atoms with Crippen LogP contribution in [0, 0.1) is 18.3 Å². The van der Waals surface area contributed by atoms with Crippen molar-refractivity contribution in [1.82, 2.24) is 35.1 Å². The molecule has 0 radical (unpaired) electrons. The Hall–Kier alpha value is -6.71. The van der Waals surface area contributed by atoms with E-state index in [4.69, 9.17) is 19.6 Å². The highest BCUT2D eigenvalue weighted by Gasteiger charge is 2.45. The van der Waals surface area contributed by atoms with Crippen LogP contribution in [0.2, 0.25) is 0 Å². The molecule has 0 saturated carbocycles. The Morgan fingerprint density at radius 3 is 2.20 bits per heavy atom. The molecule has 3 aromatic carbocycles. The summed E-state index contributed by atoms with van der Waals surface area (Å²) in [6.07, 6.45) is 6.90. The molecule has 24 heteroatoms. The Morgan fingerprint density at radius 2 is 1.54 bits per heavy atom. The van der Waals surface area contributed by atoms with Gasteiger partial charge >= 0.3 is 12.1 Å². The number of carboxylic acids is 1. The van der Waals surface area contributed by atoms with Gasteiger partial charge in [0.15, 0.2) is 0 Å². The largest absolute Gasteiger partial charge is 0.494 e. The number of halogens is 4. The van der Waals surface area contributed by atoms with Crippen LogP contribution in [-0.2, 0) is 18.9 Å². The number of aromatic nitrogens is 4. The van der Waals surface area contributed by atoms with Crippen LogP contribution >= 0.6 is 23.1 Å². The van der Waals surface area contributed by atoms with Crippen LogP contribution in [0.1, 0.15) is 77.6 Å². The van der Waals surface area contributed by atoms with Crippen molar-refractivity contribution in [2.24, 2.45) is 11.3 Å². The number of aryl methyl sites for hydroxylation is 1. The second kappa shape index (κ2) is 21.7. The van der Waals surface area contributed by atoms with Gasteiger partial charge in [-0.2, -0.15) is 18.2 Å². The van der Waals surface area contributed by atoms with Crippen LogP contribution < -0.4 is 35.8 Å². The van der Waals surface area contributed by atoms with Crippen LogP contribution in [0.4, 0.5) is 47.7 Å². The SMILES string of the molecule is COc1cc(N2CCC3(CCN(CC4CCN(c5ccc6c(c5)C(=O)N(C5CCC(=O)NC5=O)C6=O)CC4)CC3)CC2)c(C)cc1Nc1ncc(Br)c(Nc2ccc3nccnc3c2P(C)(C)=O)n1.O=C(O)C(F)(F)F. The van der Waals surface area contributed by atoms with Gasteiger partial charge in [-0.05, 0) is 148 Å². The number of nitrogens with zero attached hydrogens (tertiary/aromatic N) is 8. The van der Waals surface area contributed by atoms with Crippen molar-refractivity contribution in [3.05, 3.63) is 82.2 Å². The maximum Gasteiger partial charge on any atom is 0.490 e. The van der Waals surface area contributed by atoms with E-state index >= 15 is 0 Å². The van der Waals surface area contributed by atoms with Gasteiger partial charge in [-0.1, -0.05) is 0 Å². The molecule has 1 atom stereocenters. The van der Waals surface area contributed by atoms with E-state index in [1.165, 1.54) is 18.5 Å². The molecular formula is C52H58BrF3N11O8P. The lowest BCUT2D eigenvalue weighted by Gasteiger charge is -2.48. The van der Waals surface area contributed by atoms with Crippen molar-refractivity contribution in [1.29, 1.82) is 0 Å². The third kappa shape index (κ3) is 11.5. The molecule has 4 N–H and O–H groups in total. The van der Waals surface area contributed by atoms with Crippen molar-refractivity contribution in [2.75, 3.05) is 86.7 Å². The fourth-order valence-electron chi connectivity index (χ4n) is 11.0. The van der Waals surface area contributed by atoms with Crippen molar-refractivity contribution in [3.8, 4) is 5.75 Å². The predicted molar refractivity (Wildman–Crippen MR) is 284 cm³/mol. The average Bonchev–Trinajstić information content (AvgIpc) is 3.66. The van der Waals surface area contributed by atoms with Crippen LogP contribution in [-0.4, -0.2) is 143 Å². The first kappa shape index (κ1) is 54.1. The topological polar surface area (TPSA) is 232 Å². The van der Waals surface area contributed by atoms with Gasteiger partial charge in [-0.3, -0.25) is 39.4 Å². The van der Waals surface area contributed by atoms with Gasteiger partial charge in [0.05, 0.1) is 44.9 Å². The number of anilines is 6. The number of likely N-dealkylation sites (tertiary alicyclic amines) is 1. The molecule has 402 valence electrons. The molecule has 7 heterocycles. The Labute approximate surface area is 444 Å². The van der Waals surface area contributed by atoms with Crippen LogP contribution in [0.3, 0.4) is 0 Å². The summed E-state index contributed by atoms with van der Waals surface area (Å²) in [6, 6.07) is 12.4. The van der Waals surface area contributed by atoms with E-state index in [-0.39, 0.29) is 18.7 Å². The summed E-state index contributed by atoms with van der Waals surface area (Å²) in [6.45, 7) is 12.6. The van der Waals surface area contributed by atoms with E-state index in [9.17, 15) is 36.9 Å². The molecule has 19 nitrogen and oxygen atoms in total. The molecule has 0 bridgehead atoms. The van der Waals surface area contributed by atoms with E-state index in [2.05, 4.69) is 80.6 Å². The number of benzene rings is 3. The summed E-state index contributed by atoms with van der Waals surface area (Å²) in [7, 11) is -1.10. The second-order valence-electron chi connectivity index (χ2n) is 20.4. The van der Waals surface area contributed by atoms with Gasteiger partial charge in [-0.25, -0.2) is 9.78 Å². The predicted octanol–water partition coefficient (Wildman–Crippen LogP) is 7.87. The highest BCUT2D eigenvalue weighted by molar-refractivity contribution is 9.10. The summed E-state index contributed by atoms with van der Waals surface area (Å²) in [5.74, 6) is -2.52. The number of carbonyl (C=O) groups excluding carboxylic acids is 4. The van der Waals surface area contributed by atoms with E-state index in [0.717, 1.165) is 93.3 Å². The number of hydrogen-bond donors (Lipinski definition) is 4. The summed E-state index contributed by atoms with van der Waals surface area (Å²) >= 11 is 3.60. The Morgan fingerprint density at radius 1 is 0.868 bits per heavy atom. The molecule has 10 rings (SSSR count). The van der Waals surface area contributed by atoms with E-state index in [0.29, 0.717) is 66.5 Å². The molecule has 4 fully saturated rings. The molecule has 4 amide bonds. The Kier molecular flexibility index (Phi) is 15.5. The minimum Gasteiger partial charge on any atom is -0.494 e. The quantitative estimate of drug-likeness (QED) is 0.0728. The molecule has 5 aliphatic heterocycles. The van der Waals surface area contributed by atoms with Gasteiger partial charge in [0.2, 0.25) is 17.8 Å². The van der Waals surface area contributed by atoms with Crippen molar-refractivity contribution in [2.45, 2.75) is 70.5 Å². The third-order valence-corrected chi connectivity index (χ3v) is 17.3. The van der Waals surface area contributed by atoms with E-state index in [1.54, 1.807) is 51.2 Å². The van der Waals surface area contributed by atoms with Crippen LogP contribution in [0.5, 0.6) is 5.75 Å². The smallest absolute Gasteiger partial charge is 0.490 e. The summed E-state index contributed by atoms with van der Waals surface area (Å²) in [5, 5.41) is 16.8. The summed E-state index contributed by atoms with van der Waals surface area (Å²) in [5.41, 5.74) is 6.87. The lowest BCUT2D eigenvalue weighted by molar-refractivity contribution is -0.192. The number of fused-ring (bicyclic) bond motifs is 2. The molecule has 5 aromatic rings. The number of alkyl halides is 3. The third-order valence-electron chi connectivity index (χ3n) is 15.2. The molecule has 1 spiro atoms. The number of rotatable bonds is 11. The Bertz CT molecular complexity index is 3150. The summed E-state index contributed by atoms with van der Waals surface area (Å²) in [4.78, 5) is 86.5. The van der Waals surface area contributed by atoms with Gasteiger partial charge in [0, 0.05) is 75.2 Å². The first-order chi connectivity index (χ1) is 36.1. The second-order valence-corrected chi connectivity index (χ2v) is 24.4. The maximum absolute atomic E-state index is 13.5. The monoisotopic (exact) mass is 1130 g/mol. The number of ether oxygens (including phenoxy) is 1. The first-order valence-electron chi connectivity index (χ1n) is 25.0. The number of nitrogens with one attached hydrogen (secondary N) is 3. The number of imide groups is 2. The van der Waals surface area contributed by atoms with Crippen molar-refractivity contribution >= 4 is 104 Å². The van der Waals surface area contributed by atoms with E-state index < -0.39 is 43.1 Å². The summed E-state index contributed by atoms with van der Waals surface area (Å²) < 4.78 is 51.9. The number of methoxy groups -OCH3 is 1. The van der Waals surface area contributed by atoms with Gasteiger partial charge < -0.3 is 39.7 Å². The number of hydrogen-bond acceptors (Lipinski definition) is 16. The highest BCUT2D eigenvalue weighted by atomic mass is 79.9. The van der Waals surface area contributed by atoms with Gasteiger partial charge in [0.1, 0.15) is 30.3 Å². The minimum atomic E-state index is -5.08. The zero-order valence-corrected chi connectivity index (χ0v) is 44.9. The lowest BCUT2D eigenvalue weighted by Crippen LogP contribution is -2.54. The average molecular weight is 1130 g/mol. The number of carbonyl (C=O) groups is 5. The molecule has 1 unspecified atom stereocenters. The normalized spacial score (nSPS) is 19.3. The number of piperidine rings is 4. The van der Waals surface area contributed by atoms with Gasteiger partial charge in [0.25, 0.3) is 11.8 Å². The molecule has 2 aromatic heterocycles. The lowest BCUT2D eigenvalue weighted by atomic mass is 9.71. The molecule has 4 saturated heterocycles. The zero-order valence-electron chi connectivity index (χ0n) is 42.4. The molecular weight excluding hydrogens is 1070 g/mol. The van der Waals surface area contributed by atoms with Crippen LogP contribution in [0.15, 0.2) is 65.5 Å². The first-order valence-corrected chi connectivity index (χ1v) is 28.4. The molecule has 5 aliphatic rings. The van der Waals surface area contributed by atoms with Crippen molar-refractivity contribution in [3.63, 3.8) is 0 Å². The van der Waals surface area contributed by atoms with Crippen LogP contribution in [0.25, 0.3) is 11.0 Å². The number of amides is 4. The van der Waals surface area contributed by atoms with Gasteiger partial charge in [-0.15, -0.1) is 0 Å². The van der Waals surface area contributed by atoms with E-state index in [1.807, 2.05) is 18.2 Å². The zero-order chi connectivity index (χ0) is 54.3. The Balaban J connectivity index is 0.000000943. The number of aliphatic carboxylic acids is 1. The highest BCUT2D eigenvalue weighted by Crippen LogP contribution is 2.45. The fraction of sp³-hybridized carbons (Fsp3) is 0.442.